The highest BCUT2D eigenvalue weighted by atomic mass is 19.1. The molecule has 1 aliphatic heterocycles. The van der Waals surface area contributed by atoms with E-state index in [9.17, 15) is 0 Å². The normalized spacial score (nSPS) is 19.6. The van der Waals surface area contributed by atoms with Gasteiger partial charge in [0.1, 0.15) is 11.9 Å². The van der Waals surface area contributed by atoms with Crippen molar-refractivity contribution in [2.75, 3.05) is 0 Å². The molecule has 3 aromatic rings. The highest BCUT2D eigenvalue weighted by Crippen LogP contribution is 2.53. The summed E-state index contributed by atoms with van der Waals surface area (Å²) >= 11 is 0. The number of halogens is 1. The lowest BCUT2D eigenvalue weighted by Crippen LogP contribution is -2.18. The van der Waals surface area contributed by atoms with E-state index in [0.717, 1.165) is 39.2 Å². The zero-order chi connectivity index (χ0) is 19.7. The number of imidazole rings is 1. The van der Waals surface area contributed by atoms with E-state index in [4.69, 9.17) is 9.73 Å². The number of benzene rings is 2. The Balaban J connectivity index is 1.90. The Bertz CT molecular complexity index is 1150. The van der Waals surface area contributed by atoms with Crippen LogP contribution in [0.2, 0.25) is 0 Å². The molecule has 1 aromatic heterocycles. The summed E-state index contributed by atoms with van der Waals surface area (Å²) in [4.78, 5) is 9.38. The van der Waals surface area contributed by atoms with Gasteiger partial charge < -0.3 is 9.30 Å². The Morgan fingerprint density at radius 2 is 1.71 bits per heavy atom. The molecule has 2 aliphatic rings. The maximum atomic E-state index is 15.3. The Labute approximate surface area is 163 Å². The molecule has 0 saturated heterocycles. The Morgan fingerprint density at radius 1 is 1.00 bits per heavy atom. The number of hydrogen-bond donors (Lipinski definition) is 0. The van der Waals surface area contributed by atoms with Crippen LogP contribution in [0.5, 0.6) is 0 Å². The molecule has 4 nitrogen and oxygen atoms in total. The second-order valence-corrected chi connectivity index (χ2v) is 7.88. The first-order chi connectivity index (χ1) is 13.4. The average Bonchev–Trinajstić information content (AvgIpc) is 3.18. The Kier molecular flexibility index (Phi) is 3.54. The zero-order valence-corrected chi connectivity index (χ0v) is 16.7. The first-order valence-electron chi connectivity index (χ1n) is 9.50. The summed E-state index contributed by atoms with van der Waals surface area (Å²) < 4.78 is 23.3. The summed E-state index contributed by atoms with van der Waals surface area (Å²) in [6.07, 6.45) is 1.56. The molecule has 2 heterocycles. The maximum absolute atomic E-state index is 15.3. The molecule has 0 saturated carbocycles. The van der Waals surface area contributed by atoms with Crippen molar-refractivity contribution in [3.63, 3.8) is 0 Å². The number of hydrogen-bond acceptors (Lipinski definition) is 3. The van der Waals surface area contributed by atoms with Gasteiger partial charge in [-0.25, -0.2) is 14.4 Å². The molecule has 0 fully saturated rings. The smallest absolute Gasteiger partial charge is 0.181 e. The van der Waals surface area contributed by atoms with E-state index in [2.05, 4.69) is 24.0 Å². The number of fused-ring (bicyclic) bond motifs is 6. The number of rotatable bonds is 1. The predicted molar refractivity (Wildman–Crippen MR) is 108 cm³/mol. The molecule has 0 amide bonds. The van der Waals surface area contributed by atoms with Crippen molar-refractivity contribution in [3.05, 3.63) is 64.4 Å². The van der Waals surface area contributed by atoms with Crippen molar-refractivity contribution in [3.8, 4) is 22.4 Å². The molecule has 5 heteroatoms. The minimum absolute atomic E-state index is 0.177. The molecule has 0 N–H and O–H groups in total. The third kappa shape index (κ3) is 2.22. The molecular formula is C23H22FN3O. The average molecular weight is 375 g/mol. The molecular weight excluding hydrogens is 353 g/mol. The maximum Gasteiger partial charge on any atom is 0.181 e. The number of ether oxygens (including phenoxy) is 1. The molecule has 2 atom stereocenters. The van der Waals surface area contributed by atoms with Crippen LogP contribution >= 0.6 is 0 Å². The van der Waals surface area contributed by atoms with Gasteiger partial charge >= 0.3 is 0 Å². The van der Waals surface area contributed by atoms with E-state index in [1.807, 2.05) is 38.5 Å². The van der Waals surface area contributed by atoms with Gasteiger partial charge in [-0.05, 0) is 49.1 Å². The van der Waals surface area contributed by atoms with E-state index >= 15 is 4.39 Å². The third-order valence-corrected chi connectivity index (χ3v) is 5.83. The van der Waals surface area contributed by atoms with Gasteiger partial charge in [-0.1, -0.05) is 23.8 Å². The molecule has 0 spiro atoms. The molecule has 0 radical (unpaired) electrons. The Morgan fingerprint density at radius 3 is 2.43 bits per heavy atom. The van der Waals surface area contributed by atoms with Crippen molar-refractivity contribution in [1.82, 2.24) is 9.55 Å². The van der Waals surface area contributed by atoms with E-state index in [1.54, 1.807) is 12.4 Å². The second-order valence-electron chi connectivity index (χ2n) is 7.88. The summed E-state index contributed by atoms with van der Waals surface area (Å²) in [5.41, 5.74) is 8.41. The summed E-state index contributed by atoms with van der Waals surface area (Å²) in [6, 6.07) is 7.43. The van der Waals surface area contributed by atoms with Gasteiger partial charge in [-0.15, -0.1) is 0 Å². The minimum Gasteiger partial charge on any atom is -0.469 e. The standard InChI is InChI=1S/C23H22FN3O/c1-11-8-12(2)17(13(3)9-11)19-16(24)7-6-15-18(19)21-22(27(5)10-25-21)23-20(15)26-14(4)28-23/h6-10,20,23H,1-5H3. The highest BCUT2D eigenvalue weighted by Gasteiger charge is 2.43. The van der Waals surface area contributed by atoms with Gasteiger partial charge in [0.2, 0.25) is 0 Å². The van der Waals surface area contributed by atoms with E-state index in [0.29, 0.717) is 11.5 Å². The molecule has 28 heavy (non-hydrogen) atoms. The van der Waals surface area contributed by atoms with Crippen LogP contribution in [-0.4, -0.2) is 15.4 Å². The molecule has 5 rings (SSSR count). The van der Waals surface area contributed by atoms with Crippen LogP contribution in [0.3, 0.4) is 0 Å². The van der Waals surface area contributed by atoms with Crippen molar-refractivity contribution >= 4 is 5.90 Å². The number of nitrogens with zero attached hydrogens (tertiary/aromatic N) is 3. The third-order valence-electron chi connectivity index (χ3n) is 5.83. The highest BCUT2D eigenvalue weighted by molar-refractivity contribution is 5.91. The number of aromatic nitrogens is 2. The first kappa shape index (κ1) is 17.2. The lowest BCUT2D eigenvalue weighted by molar-refractivity contribution is 0.185. The van der Waals surface area contributed by atoms with Crippen LogP contribution in [0.25, 0.3) is 22.4 Å². The van der Waals surface area contributed by atoms with Gasteiger partial charge in [0, 0.05) is 25.1 Å². The molecule has 2 aromatic carbocycles. The predicted octanol–water partition coefficient (Wildman–Crippen LogP) is 5.36. The van der Waals surface area contributed by atoms with Crippen LogP contribution in [0.15, 0.2) is 35.6 Å². The van der Waals surface area contributed by atoms with E-state index in [-0.39, 0.29) is 18.0 Å². The number of aryl methyl sites for hydroxylation is 4. The quantitative estimate of drug-likeness (QED) is 0.574. The summed E-state index contributed by atoms with van der Waals surface area (Å²) in [6.45, 7) is 8.02. The Hall–Kier alpha value is -2.95. The fraction of sp³-hybridized carbons (Fsp3) is 0.304. The molecule has 142 valence electrons. The van der Waals surface area contributed by atoms with Crippen LogP contribution in [0, 0.1) is 26.6 Å². The lowest BCUT2D eigenvalue weighted by atomic mass is 9.80. The monoisotopic (exact) mass is 375 g/mol. The van der Waals surface area contributed by atoms with Crippen molar-refractivity contribution in [1.29, 1.82) is 0 Å². The summed E-state index contributed by atoms with van der Waals surface area (Å²) in [5, 5.41) is 0. The zero-order valence-electron chi connectivity index (χ0n) is 16.7. The second kappa shape index (κ2) is 5.77. The fourth-order valence-electron chi connectivity index (χ4n) is 4.86. The van der Waals surface area contributed by atoms with Crippen molar-refractivity contribution in [2.45, 2.75) is 39.8 Å². The SMILES string of the molecule is CC1=NC2c3ccc(F)c(-c4c(C)cc(C)cc4C)c3-c3ncn(C)c3C2O1. The molecule has 1 aliphatic carbocycles. The largest absolute Gasteiger partial charge is 0.469 e. The first-order valence-corrected chi connectivity index (χ1v) is 9.50. The van der Waals surface area contributed by atoms with Gasteiger partial charge in [0.05, 0.1) is 17.7 Å². The van der Waals surface area contributed by atoms with E-state index < -0.39 is 0 Å². The van der Waals surface area contributed by atoms with Gasteiger partial charge in [-0.2, -0.15) is 0 Å². The summed E-state index contributed by atoms with van der Waals surface area (Å²) in [7, 11) is 1.95. The van der Waals surface area contributed by atoms with Crippen LogP contribution in [-0.2, 0) is 11.8 Å². The topological polar surface area (TPSA) is 39.4 Å². The van der Waals surface area contributed by atoms with Crippen molar-refractivity contribution in [2.24, 2.45) is 12.0 Å². The van der Waals surface area contributed by atoms with Gasteiger partial charge in [-0.3, -0.25) is 0 Å². The van der Waals surface area contributed by atoms with Crippen molar-refractivity contribution < 1.29 is 9.13 Å². The van der Waals surface area contributed by atoms with Crippen LogP contribution in [0.1, 0.15) is 47.0 Å². The number of aliphatic imine (C=N–C) groups is 1. The van der Waals surface area contributed by atoms with Gasteiger partial charge in [0.25, 0.3) is 0 Å². The molecule has 2 unspecified atom stereocenters. The van der Waals surface area contributed by atoms with Gasteiger partial charge in [0.15, 0.2) is 12.0 Å². The minimum atomic E-state index is -0.233. The summed E-state index contributed by atoms with van der Waals surface area (Å²) in [5.74, 6) is 0.423. The lowest BCUT2D eigenvalue weighted by Gasteiger charge is -2.29. The van der Waals surface area contributed by atoms with E-state index in [1.165, 1.54) is 5.56 Å². The van der Waals surface area contributed by atoms with Crippen LogP contribution in [0.4, 0.5) is 4.39 Å². The molecule has 0 bridgehead atoms. The fourth-order valence-corrected chi connectivity index (χ4v) is 4.86. The van der Waals surface area contributed by atoms with Crippen LogP contribution < -0.4 is 0 Å².